The van der Waals surface area contributed by atoms with Crippen molar-refractivity contribution in [1.29, 1.82) is 0 Å². The Kier molecular flexibility index (Phi) is 3.45. The highest BCUT2D eigenvalue weighted by molar-refractivity contribution is 5.49. The summed E-state index contributed by atoms with van der Waals surface area (Å²) in [5, 5.41) is 3.34. The van der Waals surface area contributed by atoms with Crippen LogP contribution in [0.3, 0.4) is 0 Å². The zero-order valence-corrected chi connectivity index (χ0v) is 12.5. The lowest BCUT2D eigenvalue weighted by atomic mass is 9.74. The lowest BCUT2D eigenvalue weighted by Gasteiger charge is -2.36. The Morgan fingerprint density at radius 1 is 1.24 bits per heavy atom. The number of aromatic nitrogens is 3. The van der Waals surface area contributed by atoms with Gasteiger partial charge in [-0.1, -0.05) is 13.8 Å². The summed E-state index contributed by atoms with van der Waals surface area (Å²) >= 11 is 0. The maximum absolute atomic E-state index is 13.0. The molecule has 0 aromatic carbocycles. The van der Waals surface area contributed by atoms with Crippen molar-refractivity contribution in [3.8, 4) is 11.5 Å². The molecular weight excluding hydrogens is 267 g/mol. The Morgan fingerprint density at radius 2 is 2.05 bits per heavy atom. The summed E-state index contributed by atoms with van der Waals surface area (Å²) in [7, 11) is 1.96. The van der Waals surface area contributed by atoms with E-state index in [1.165, 1.54) is 12.3 Å². The summed E-state index contributed by atoms with van der Waals surface area (Å²) in [5.74, 6) is 0.203. The van der Waals surface area contributed by atoms with Gasteiger partial charge in [-0.05, 0) is 37.4 Å². The van der Waals surface area contributed by atoms with E-state index in [1.54, 1.807) is 6.07 Å². The molecule has 0 spiro atoms. The van der Waals surface area contributed by atoms with Crippen LogP contribution in [0.2, 0.25) is 0 Å². The van der Waals surface area contributed by atoms with Crippen LogP contribution in [-0.4, -0.2) is 22.0 Å². The Morgan fingerprint density at radius 3 is 2.71 bits per heavy atom. The van der Waals surface area contributed by atoms with E-state index in [0.717, 1.165) is 24.1 Å². The standard InChI is InChI=1S/C16H19FN4/c1-16(2)6-13(18-3)11-9-20-15(21-14(11)7-16)12-5-4-10(17)8-19-12/h4-5,8-9,13,18H,6-7H2,1-3H3. The molecule has 110 valence electrons. The largest absolute Gasteiger partial charge is 0.313 e. The van der Waals surface area contributed by atoms with Crippen molar-refractivity contribution >= 4 is 0 Å². The normalized spacial score (nSPS) is 20.1. The van der Waals surface area contributed by atoms with Crippen LogP contribution in [0.1, 0.15) is 37.6 Å². The molecule has 0 saturated carbocycles. The molecular formula is C16H19FN4. The molecule has 0 saturated heterocycles. The van der Waals surface area contributed by atoms with Gasteiger partial charge in [-0.3, -0.25) is 0 Å². The molecule has 1 atom stereocenters. The monoisotopic (exact) mass is 286 g/mol. The first-order valence-corrected chi connectivity index (χ1v) is 7.13. The molecule has 0 fully saturated rings. The summed E-state index contributed by atoms with van der Waals surface area (Å²) in [6.07, 6.45) is 5.04. The van der Waals surface area contributed by atoms with Gasteiger partial charge in [0.2, 0.25) is 0 Å². The fourth-order valence-corrected chi connectivity index (χ4v) is 2.94. The van der Waals surface area contributed by atoms with E-state index >= 15 is 0 Å². The van der Waals surface area contributed by atoms with Crippen molar-refractivity contribution in [3.63, 3.8) is 0 Å². The fraction of sp³-hybridized carbons (Fsp3) is 0.438. The number of hydrogen-bond acceptors (Lipinski definition) is 4. The van der Waals surface area contributed by atoms with Crippen LogP contribution in [0.5, 0.6) is 0 Å². The number of nitrogens with zero attached hydrogens (tertiary/aromatic N) is 3. The number of fused-ring (bicyclic) bond motifs is 1. The third-order valence-corrected chi connectivity index (χ3v) is 3.98. The lowest BCUT2D eigenvalue weighted by Crippen LogP contribution is -2.32. The van der Waals surface area contributed by atoms with E-state index in [1.807, 2.05) is 13.2 Å². The van der Waals surface area contributed by atoms with E-state index in [4.69, 9.17) is 0 Å². The average molecular weight is 286 g/mol. The molecule has 0 radical (unpaired) electrons. The summed E-state index contributed by atoms with van der Waals surface area (Å²) in [6.45, 7) is 4.50. The summed E-state index contributed by atoms with van der Waals surface area (Å²) in [4.78, 5) is 13.1. The third kappa shape index (κ3) is 2.78. The molecule has 0 amide bonds. The van der Waals surface area contributed by atoms with Gasteiger partial charge in [0.15, 0.2) is 5.82 Å². The van der Waals surface area contributed by atoms with Crippen LogP contribution in [0.15, 0.2) is 24.5 Å². The summed E-state index contributed by atoms with van der Waals surface area (Å²) in [6, 6.07) is 3.27. The maximum atomic E-state index is 13.0. The highest BCUT2D eigenvalue weighted by Gasteiger charge is 2.32. The molecule has 4 nitrogen and oxygen atoms in total. The molecule has 1 N–H and O–H groups in total. The molecule has 2 aromatic heterocycles. The van der Waals surface area contributed by atoms with Crippen LogP contribution >= 0.6 is 0 Å². The first kappa shape index (κ1) is 14.1. The topological polar surface area (TPSA) is 50.7 Å². The molecule has 3 rings (SSSR count). The highest BCUT2D eigenvalue weighted by Crippen LogP contribution is 2.39. The van der Waals surface area contributed by atoms with Gasteiger partial charge in [0, 0.05) is 23.5 Å². The molecule has 5 heteroatoms. The molecule has 0 aliphatic heterocycles. The van der Waals surface area contributed by atoms with Crippen molar-refractivity contribution < 1.29 is 4.39 Å². The van der Waals surface area contributed by atoms with Crippen molar-refractivity contribution in [1.82, 2.24) is 20.3 Å². The van der Waals surface area contributed by atoms with Crippen LogP contribution < -0.4 is 5.32 Å². The van der Waals surface area contributed by atoms with Crippen LogP contribution in [0, 0.1) is 11.2 Å². The van der Waals surface area contributed by atoms with Gasteiger partial charge >= 0.3 is 0 Å². The third-order valence-electron chi connectivity index (χ3n) is 3.98. The second-order valence-electron chi connectivity index (χ2n) is 6.34. The van der Waals surface area contributed by atoms with Crippen molar-refractivity contribution in [2.45, 2.75) is 32.7 Å². The second kappa shape index (κ2) is 5.15. The van der Waals surface area contributed by atoms with Crippen molar-refractivity contribution in [2.75, 3.05) is 7.05 Å². The molecule has 1 aliphatic rings. The zero-order chi connectivity index (χ0) is 15.0. The molecule has 2 aromatic rings. The van der Waals surface area contributed by atoms with E-state index in [9.17, 15) is 4.39 Å². The van der Waals surface area contributed by atoms with Gasteiger partial charge in [-0.2, -0.15) is 0 Å². The van der Waals surface area contributed by atoms with Gasteiger partial charge < -0.3 is 5.32 Å². The van der Waals surface area contributed by atoms with Gasteiger partial charge in [0.05, 0.1) is 6.20 Å². The smallest absolute Gasteiger partial charge is 0.178 e. The molecule has 1 aliphatic carbocycles. The minimum atomic E-state index is -0.354. The quantitative estimate of drug-likeness (QED) is 0.922. The molecule has 2 heterocycles. The Bertz CT molecular complexity index is 652. The molecule has 21 heavy (non-hydrogen) atoms. The first-order chi connectivity index (χ1) is 9.98. The number of hydrogen-bond donors (Lipinski definition) is 1. The second-order valence-corrected chi connectivity index (χ2v) is 6.34. The maximum Gasteiger partial charge on any atom is 0.178 e. The average Bonchev–Trinajstić information content (AvgIpc) is 2.45. The van der Waals surface area contributed by atoms with E-state index in [2.05, 4.69) is 34.1 Å². The minimum Gasteiger partial charge on any atom is -0.313 e. The van der Waals surface area contributed by atoms with E-state index < -0.39 is 0 Å². The van der Waals surface area contributed by atoms with Gasteiger partial charge in [0.1, 0.15) is 11.5 Å². The first-order valence-electron chi connectivity index (χ1n) is 7.13. The zero-order valence-electron chi connectivity index (χ0n) is 12.5. The number of rotatable bonds is 2. The van der Waals surface area contributed by atoms with Crippen LogP contribution in [0.4, 0.5) is 4.39 Å². The SMILES string of the molecule is CNC1CC(C)(C)Cc2nc(-c3ccc(F)cn3)ncc21. The van der Waals surface area contributed by atoms with Gasteiger partial charge in [-0.15, -0.1) is 0 Å². The van der Waals surface area contributed by atoms with Gasteiger partial charge in [0.25, 0.3) is 0 Å². The van der Waals surface area contributed by atoms with Crippen LogP contribution in [-0.2, 0) is 6.42 Å². The number of nitrogens with one attached hydrogen (secondary N) is 1. The van der Waals surface area contributed by atoms with Gasteiger partial charge in [-0.25, -0.2) is 19.3 Å². The van der Waals surface area contributed by atoms with Crippen molar-refractivity contribution in [3.05, 3.63) is 41.6 Å². The Hall–Kier alpha value is -1.88. The number of pyridine rings is 1. The number of halogens is 1. The molecule has 0 bridgehead atoms. The Balaban J connectivity index is 2.02. The summed E-state index contributed by atoms with van der Waals surface area (Å²) in [5.41, 5.74) is 3.01. The Labute approximate surface area is 123 Å². The van der Waals surface area contributed by atoms with Crippen molar-refractivity contribution in [2.24, 2.45) is 5.41 Å². The predicted molar refractivity (Wildman–Crippen MR) is 79.1 cm³/mol. The summed E-state index contributed by atoms with van der Waals surface area (Å²) < 4.78 is 13.0. The fourth-order valence-electron chi connectivity index (χ4n) is 2.94. The van der Waals surface area contributed by atoms with E-state index in [0.29, 0.717) is 11.5 Å². The predicted octanol–water partition coefficient (Wildman–Crippen LogP) is 2.91. The lowest BCUT2D eigenvalue weighted by molar-refractivity contribution is 0.260. The minimum absolute atomic E-state index is 0.197. The van der Waals surface area contributed by atoms with Crippen LogP contribution in [0.25, 0.3) is 11.5 Å². The van der Waals surface area contributed by atoms with E-state index in [-0.39, 0.29) is 17.3 Å². The molecule has 1 unspecified atom stereocenters. The highest BCUT2D eigenvalue weighted by atomic mass is 19.1.